The van der Waals surface area contributed by atoms with Crippen LogP contribution >= 0.6 is 0 Å². The van der Waals surface area contributed by atoms with Gasteiger partial charge < -0.3 is 4.42 Å². The first kappa shape index (κ1) is 16.1. The van der Waals surface area contributed by atoms with E-state index in [0.29, 0.717) is 0 Å². The number of fused-ring (bicyclic) bond motifs is 5. The van der Waals surface area contributed by atoms with Crippen molar-refractivity contribution < 1.29 is 4.42 Å². The van der Waals surface area contributed by atoms with Crippen LogP contribution in [0.4, 0.5) is 0 Å². The van der Waals surface area contributed by atoms with E-state index in [-0.39, 0.29) is 0 Å². The third-order valence-electron chi connectivity index (χ3n) is 5.67. The van der Waals surface area contributed by atoms with E-state index in [2.05, 4.69) is 97.1 Å². The molecule has 1 aromatic heterocycles. The molecule has 0 spiro atoms. The van der Waals surface area contributed by atoms with Crippen LogP contribution in [0.3, 0.4) is 0 Å². The summed E-state index contributed by atoms with van der Waals surface area (Å²) in [6.07, 6.45) is 0. The summed E-state index contributed by atoms with van der Waals surface area (Å²) < 4.78 is 6.20. The molecule has 0 unspecified atom stereocenters. The lowest BCUT2D eigenvalue weighted by molar-refractivity contribution is 0.669. The maximum absolute atomic E-state index is 6.20. The van der Waals surface area contributed by atoms with Crippen LogP contribution in [0.25, 0.3) is 55.0 Å². The van der Waals surface area contributed by atoms with Gasteiger partial charge in [-0.2, -0.15) is 0 Å². The molecule has 6 rings (SSSR count). The van der Waals surface area contributed by atoms with Crippen LogP contribution in [-0.2, 0) is 0 Å². The highest BCUT2D eigenvalue weighted by Gasteiger charge is 2.17. The van der Waals surface area contributed by atoms with Gasteiger partial charge in [0.2, 0.25) is 0 Å². The van der Waals surface area contributed by atoms with Gasteiger partial charge in [-0.1, -0.05) is 97.1 Å². The zero-order valence-corrected chi connectivity index (χ0v) is 15.8. The van der Waals surface area contributed by atoms with Crippen molar-refractivity contribution in [2.75, 3.05) is 0 Å². The first-order valence-electron chi connectivity index (χ1n) is 9.88. The fraction of sp³-hybridized carbons (Fsp3) is 0. The Morgan fingerprint density at radius 2 is 1.10 bits per heavy atom. The van der Waals surface area contributed by atoms with Crippen molar-refractivity contribution in [1.82, 2.24) is 0 Å². The Kier molecular flexibility index (Phi) is 3.54. The average Bonchev–Trinajstić information content (AvgIpc) is 3.18. The molecule has 0 radical (unpaired) electrons. The molecule has 0 fully saturated rings. The van der Waals surface area contributed by atoms with Crippen molar-refractivity contribution in [2.45, 2.75) is 0 Å². The zero-order valence-electron chi connectivity index (χ0n) is 15.8. The minimum absolute atomic E-state index is 0.930. The van der Waals surface area contributed by atoms with E-state index < -0.39 is 0 Å². The van der Waals surface area contributed by atoms with Crippen molar-refractivity contribution in [2.24, 2.45) is 0 Å². The van der Waals surface area contributed by atoms with Crippen LogP contribution in [0.1, 0.15) is 0 Å². The number of hydrogen-bond acceptors (Lipinski definition) is 1. The molecule has 29 heavy (non-hydrogen) atoms. The SMILES string of the molecule is c1ccc(-c2ccc3ccc4oc5ccccc5c4c3c2-c2ccccc2)cc1. The second-order valence-electron chi connectivity index (χ2n) is 7.36. The van der Waals surface area contributed by atoms with Crippen LogP contribution in [0.2, 0.25) is 0 Å². The first-order chi connectivity index (χ1) is 14.4. The van der Waals surface area contributed by atoms with Gasteiger partial charge in [0.15, 0.2) is 0 Å². The highest BCUT2D eigenvalue weighted by Crippen LogP contribution is 2.43. The summed E-state index contributed by atoms with van der Waals surface area (Å²) in [6, 6.07) is 38.3. The molecular formula is C28H18O. The Hall–Kier alpha value is -3.84. The molecule has 0 bridgehead atoms. The summed E-state index contributed by atoms with van der Waals surface area (Å²) in [6.45, 7) is 0. The predicted molar refractivity (Wildman–Crippen MR) is 122 cm³/mol. The molecule has 1 nitrogen and oxygen atoms in total. The Labute approximate surface area is 168 Å². The minimum Gasteiger partial charge on any atom is -0.456 e. The molecule has 1 heteroatoms. The highest BCUT2D eigenvalue weighted by atomic mass is 16.3. The second-order valence-corrected chi connectivity index (χ2v) is 7.36. The largest absolute Gasteiger partial charge is 0.456 e. The van der Waals surface area contributed by atoms with Gasteiger partial charge >= 0.3 is 0 Å². The number of benzene rings is 5. The van der Waals surface area contributed by atoms with E-state index in [9.17, 15) is 0 Å². The highest BCUT2D eigenvalue weighted by molar-refractivity contribution is 6.24. The van der Waals surface area contributed by atoms with Gasteiger partial charge in [0.25, 0.3) is 0 Å². The van der Waals surface area contributed by atoms with E-state index in [0.717, 1.165) is 16.6 Å². The monoisotopic (exact) mass is 370 g/mol. The first-order valence-corrected chi connectivity index (χ1v) is 9.88. The van der Waals surface area contributed by atoms with E-state index in [1.807, 2.05) is 12.1 Å². The number of rotatable bonds is 2. The van der Waals surface area contributed by atoms with E-state index in [4.69, 9.17) is 4.42 Å². The summed E-state index contributed by atoms with van der Waals surface area (Å²) in [5.41, 5.74) is 6.79. The Bertz CT molecular complexity index is 1480. The number of para-hydroxylation sites is 1. The molecule has 6 aromatic rings. The van der Waals surface area contributed by atoms with Crippen molar-refractivity contribution in [3.63, 3.8) is 0 Å². The number of hydrogen-bond donors (Lipinski definition) is 0. The van der Waals surface area contributed by atoms with Gasteiger partial charge in [-0.15, -0.1) is 0 Å². The maximum Gasteiger partial charge on any atom is 0.136 e. The van der Waals surface area contributed by atoms with E-state index in [1.165, 1.54) is 38.4 Å². The molecule has 0 saturated carbocycles. The molecule has 0 saturated heterocycles. The minimum atomic E-state index is 0.930. The van der Waals surface area contributed by atoms with E-state index in [1.54, 1.807) is 0 Å². The molecule has 0 atom stereocenters. The lowest BCUT2D eigenvalue weighted by Gasteiger charge is -2.15. The van der Waals surface area contributed by atoms with Gasteiger partial charge in [-0.05, 0) is 39.8 Å². The van der Waals surface area contributed by atoms with Gasteiger partial charge in [-0.3, -0.25) is 0 Å². The molecule has 0 amide bonds. The third-order valence-corrected chi connectivity index (χ3v) is 5.67. The summed E-state index contributed by atoms with van der Waals surface area (Å²) in [7, 11) is 0. The summed E-state index contributed by atoms with van der Waals surface area (Å²) >= 11 is 0. The second kappa shape index (κ2) is 6.35. The maximum atomic E-state index is 6.20. The van der Waals surface area contributed by atoms with Crippen LogP contribution < -0.4 is 0 Å². The van der Waals surface area contributed by atoms with Crippen LogP contribution in [-0.4, -0.2) is 0 Å². The van der Waals surface area contributed by atoms with Crippen molar-refractivity contribution in [3.05, 3.63) is 109 Å². The van der Waals surface area contributed by atoms with Crippen LogP contribution in [0, 0.1) is 0 Å². The smallest absolute Gasteiger partial charge is 0.136 e. The summed E-state index contributed by atoms with van der Waals surface area (Å²) in [5, 5.41) is 4.83. The van der Waals surface area contributed by atoms with Crippen LogP contribution in [0.15, 0.2) is 114 Å². The van der Waals surface area contributed by atoms with Crippen molar-refractivity contribution in [3.8, 4) is 22.3 Å². The molecule has 5 aromatic carbocycles. The Morgan fingerprint density at radius 1 is 0.448 bits per heavy atom. The molecule has 0 aliphatic rings. The van der Waals surface area contributed by atoms with Crippen LogP contribution in [0.5, 0.6) is 0 Å². The lowest BCUT2D eigenvalue weighted by atomic mass is 9.88. The standard InChI is InChI=1S/C28H18O/c1-3-9-19(10-4-1)22-17-15-21-16-18-25-28(23-13-7-8-14-24(23)29-25)27(21)26(22)20-11-5-2-6-12-20/h1-18H. The Morgan fingerprint density at radius 3 is 1.90 bits per heavy atom. The molecule has 0 aliphatic heterocycles. The topological polar surface area (TPSA) is 13.1 Å². The van der Waals surface area contributed by atoms with Gasteiger partial charge in [-0.25, -0.2) is 0 Å². The fourth-order valence-electron chi connectivity index (χ4n) is 4.40. The van der Waals surface area contributed by atoms with Gasteiger partial charge in [0.1, 0.15) is 11.2 Å². The quantitative estimate of drug-likeness (QED) is 0.300. The van der Waals surface area contributed by atoms with Gasteiger partial charge in [0, 0.05) is 16.2 Å². The fourth-order valence-corrected chi connectivity index (χ4v) is 4.40. The zero-order chi connectivity index (χ0) is 19.2. The number of furan rings is 1. The van der Waals surface area contributed by atoms with Crippen molar-refractivity contribution in [1.29, 1.82) is 0 Å². The molecule has 1 heterocycles. The van der Waals surface area contributed by atoms with Crippen molar-refractivity contribution >= 4 is 32.7 Å². The normalized spacial score (nSPS) is 11.4. The molecule has 0 aliphatic carbocycles. The predicted octanol–water partition coefficient (Wildman–Crippen LogP) is 8.07. The van der Waals surface area contributed by atoms with Gasteiger partial charge in [0.05, 0.1) is 0 Å². The third kappa shape index (κ3) is 2.48. The molecular weight excluding hydrogens is 352 g/mol. The molecule has 136 valence electrons. The molecule has 0 N–H and O–H groups in total. The summed E-state index contributed by atoms with van der Waals surface area (Å²) in [5.74, 6) is 0. The lowest BCUT2D eigenvalue weighted by Crippen LogP contribution is -1.89. The van der Waals surface area contributed by atoms with E-state index >= 15 is 0 Å². The Balaban J connectivity index is 1.87. The average molecular weight is 370 g/mol. The summed E-state index contributed by atoms with van der Waals surface area (Å²) in [4.78, 5) is 0.